The second-order valence-corrected chi connectivity index (χ2v) is 8.19. The van der Waals surface area contributed by atoms with Gasteiger partial charge >= 0.3 is 0 Å². The third kappa shape index (κ3) is 5.14. The number of amides is 1. The number of aryl methyl sites for hydroxylation is 2. The molecule has 0 atom stereocenters. The lowest BCUT2D eigenvalue weighted by Gasteiger charge is -2.09. The zero-order valence-corrected chi connectivity index (χ0v) is 19.1. The molecule has 0 aliphatic carbocycles. The summed E-state index contributed by atoms with van der Waals surface area (Å²) in [6, 6.07) is 19.7. The Balaban J connectivity index is 1.49. The number of carbonyl (C=O) groups is 1. The molecule has 3 aromatic carbocycles. The molecule has 33 heavy (non-hydrogen) atoms. The molecule has 0 saturated carbocycles. The summed E-state index contributed by atoms with van der Waals surface area (Å²) in [6.07, 6.45) is 2.09. The van der Waals surface area contributed by atoms with Crippen LogP contribution in [-0.4, -0.2) is 12.5 Å². The Kier molecular flexibility index (Phi) is 6.59. The number of ether oxygens (including phenoxy) is 1. The molecule has 168 valence electrons. The maximum absolute atomic E-state index is 12.6. The number of unbranched alkanes of at least 4 members (excludes halogenated alkanes) is 1. The van der Waals surface area contributed by atoms with Gasteiger partial charge in [-0.3, -0.25) is 9.59 Å². The summed E-state index contributed by atoms with van der Waals surface area (Å²) in [6.45, 7) is 6.69. The number of benzene rings is 3. The minimum Gasteiger partial charge on any atom is -0.494 e. The minimum absolute atomic E-state index is 0.0815. The van der Waals surface area contributed by atoms with Gasteiger partial charge in [-0.15, -0.1) is 0 Å². The molecule has 1 amide bonds. The second kappa shape index (κ2) is 9.74. The molecule has 5 heteroatoms. The van der Waals surface area contributed by atoms with Gasteiger partial charge in [-0.2, -0.15) is 0 Å². The first-order valence-corrected chi connectivity index (χ1v) is 11.1. The third-order valence-corrected chi connectivity index (χ3v) is 5.47. The standard InChI is InChI=1S/C28H27NO4/c1-4-5-14-32-23-12-10-22(11-13-23)29-28(31)21-8-6-20(7-9-21)26-17-25(30)24-16-18(2)15-19(3)27(24)33-26/h6-13,15-17H,4-5,14H2,1-3H3,(H,29,31). The van der Waals surface area contributed by atoms with E-state index in [1.54, 1.807) is 24.3 Å². The Hall–Kier alpha value is -3.86. The lowest BCUT2D eigenvalue weighted by molar-refractivity contribution is 0.102. The van der Waals surface area contributed by atoms with Crippen LogP contribution in [0.15, 0.2) is 75.9 Å². The van der Waals surface area contributed by atoms with Gasteiger partial charge in [-0.05, 0) is 73.9 Å². The predicted molar refractivity (Wildman–Crippen MR) is 132 cm³/mol. The molecule has 4 aromatic rings. The van der Waals surface area contributed by atoms with Crippen molar-refractivity contribution in [3.05, 3.63) is 93.6 Å². The number of rotatable bonds is 7. The molecule has 1 N–H and O–H groups in total. The molecule has 0 saturated heterocycles. The monoisotopic (exact) mass is 441 g/mol. The van der Waals surface area contributed by atoms with Crippen LogP contribution in [0.5, 0.6) is 5.75 Å². The van der Waals surface area contributed by atoms with E-state index < -0.39 is 0 Å². The van der Waals surface area contributed by atoms with Crippen molar-refractivity contribution in [3.63, 3.8) is 0 Å². The van der Waals surface area contributed by atoms with Crippen LogP contribution in [0.1, 0.15) is 41.3 Å². The number of nitrogens with one attached hydrogen (secondary N) is 1. The van der Waals surface area contributed by atoms with Gasteiger partial charge in [0.2, 0.25) is 0 Å². The summed E-state index contributed by atoms with van der Waals surface area (Å²) in [5, 5.41) is 3.47. The summed E-state index contributed by atoms with van der Waals surface area (Å²) in [5.41, 5.74) is 4.39. The Morgan fingerprint density at radius 3 is 2.39 bits per heavy atom. The smallest absolute Gasteiger partial charge is 0.255 e. The summed E-state index contributed by atoms with van der Waals surface area (Å²) in [4.78, 5) is 25.3. The average Bonchev–Trinajstić information content (AvgIpc) is 2.81. The molecular weight excluding hydrogens is 414 g/mol. The van der Waals surface area contributed by atoms with Crippen LogP contribution < -0.4 is 15.5 Å². The van der Waals surface area contributed by atoms with E-state index in [1.807, 2.05) is 50.2 Å². The van der Waals surface area contributed by atoms with Gasteiger partial charge in [0.15, 0.2) is 5.43 Å². The van der Waals surface area contributed by atoms with Gasteiger partial charge < -0.3 is 14.5 Å². The lowest BCUT2D eigenvalue weighted by atomic mass is 10.1. The zero-order chi connectivity index (χ0) is 23.4. The Bertz CT molecular complexity index is 1340. The van der Waals surface area contributed by atoms with Crippen molar-refractivity contribution in [2.45, 2.75) is 33.6 Å². The predicted octanol–water partition coefficient (Wildman–Crippen LogP) is 6.51. The first-order valence-electron chi connectivity index (χ1n) is 11.1. The van der Waals surface area contributed by atoms with E-state index >= 15 is 0 Å². The fraction of sp³-hybridized carbons (Fsp3) is 0.214. The van der Waals surface area contributed by atoms with E-state index in [1.165, 1.54) is 6.07 Å². The molecule has 1 aromatic heterocycles. The van der Waals surface area contributed by atoms with Crippen molar-refractivity contribution in [1.29, 1.82) is 0 Å². The first-order chi connectivity index (χ1) is 15.9. The number of hydrogen-bond donors (Lipinski definition) is 1. The molecule has 5 nitrogen and oxygen atoms in total. The summed E-state index contributed by atoms with van der Waals surface area (Å²) < 4.78 is 11.7. The maximum atomic E-state index is 12.6. The quantitative estimate of drug-likeness (QED) is 0.332. The van der Waals surface area contributed by atoms with E-state index in [-0.39, 0.29) is 11.3 Å². The van der Waals surface area contributed by atoms with Crippen LogP contribution in [0.3, 0.4) is 0 Å². The van der Waals surface area contributed by atoms with Crippen molar-refractivity contribution < 1.29 is 13.9 Å². The molecule has 0 spiro atoms. The Morgan fingerprint density at radius 1 is 0.970 bits per heavy atom. The third-order valence-electron chi connectivity index (χ3n) is 5.47. The van der Waals surface area contributed by atoms with Crippen molar-refractivity contribution in [2.75, 3.05) is 11.9 Å². The van der Waals surface area contributed by atoms with Crippen LogP contribution in [0, 0.1) is 13.8 Å². The molecule has 0 aliphatic rings. The highest BCUT2D eigenvalue weighted by atomic mass is 16.5. The highest BCUT2D eigenvalue weighted by Crippen LogP contribution is 2.26. The molecule has 0 unspecified atom stereocenters. The molecule has 0 fully saturated rings. The fourth-order valence-corrected chi connectivity index (χ4v) is 3.71. The van der Waals surface area contributed by atoms with E-state index in [0.29, 0.717) is 34.6 Å². The first kappa shape index (κ1) is 22.3. The van der Waals surface area contributed by atoms with Crippen molar-refractivity contribution in [3.8, 4) is 17.1 Å². The highest BCUT2D eigenvalue weighted by molar-refractivity contribution is 6.04. The number of fused-ring (bicyclic) bond motifs is 1. The Morgan fingerprint density at radius 2 is 1.70 bits per heavy atom. The van der Waals surface area contributed by atoms with E-state index in [2.05, 4.69) is 12.2 Å². The molecule has 4 rings (SSSR count). The van der Waals surface area contributed by atoms with Gasteiger partial charge in [-0.1, -0.05) is 31.5 Å². The zero-order valence-electron chi connectivity index (χ0n) is 19.1. The topological polar surface area (TPSA) is 68.5 Å². The summed E-state index contributed by atoms with van der Waals surface area (Å²) in [5.74, 6) is 1.05. The minimum atomic E-state index is -0.215. The molecular formula is C28H27NO4. The van der Waals surface area contributed by atoms with Gasteiger partial charge in [0, 0.05) is 22.9 Å². The van der Waals surface area contributed by atoms with Crippen LogP contribution in [0.4, 0.5) is 5.69 Å². The van der Waals surface area contributed by atoms with Crippen LogP contribution in [-0.2, 0) is 0 Å². The highest BCUT2D eigenvalue weighted by Gasteiger charge is 2.11. The van der Waals surface area contributed by atoms with Gasteiger partial charge in [0.1, 0.15) is 17.1 Å². The summed E-state index contributed by atoms with van der Waals surface area (Å²) >= 11 is 0. The van der Waals surface area contributed by atoms with Crippen molar-refractivity contribution in [2.24, 2.45) is 0 Å². The SMILES string of the molecule is CCCCOc1ccc(NC(=O)c2ccc(-c3cc(=O)c4cc(C)cc(C)c4o3)cc2)cc1. The van der Waals surface area contributed by atoms with E-state index in [9.17, 15) is 9.59 Å². The number of carbonyl (C=O) groups excluding carboxylic acids is 1. The molecule has 1 heterocycles. The van der Waals surface area contributed by atoms with Gasteiger partial charge in [0.05, 0.1) is 12.0 Å². The fourth-order valence-electron chi connectivity index (χ4n) is 3.71. The van der Waals surface area contributed by atoms with Crippen LogP contribution in [0.2, 0.25) is 0 Å². The molecule has 0 bridgehead atoms. The van der Waals surface area contributed by atoms with Crippen LogP contribution >= 0.6 is 0 Å². The normalized spacial score (nSPS) is 10.9. The van der Waals surface area contributed by atoms with Crippen LogP contribution in [0.25, 0.3) is 22.3 Å². The summed E-state index contributed by atoms with van der Waals surface area (Å²) in [7, 11) is 0. The largest absolute Gasteiger partial charge is 0.494 e. The average molecular weight is 442 g/mol. The lowest BCUT2D eigenvalue weighted by Crippen LogP contribution is -2.11. The molecule has 0 aliphatic heterocycles. The number of hydrogen-bond acceptors (Lipinski definition) is 4. The van der Waals surface area contributed by atoms with Crippen molar-refractivity contribution in [1.82, 2.24) is 0 Å². The van der Waals surface area contributed by atoms with Crippen molar-refractivity contribution >= 4 is 22.6 Å². The second-order valence-electron chi connectivity index (χ2n) is 8.19. The van der Waals surface area contributed by atoms with Gasteiger partial charge in [0.25, 0.3) is 5.91 Å². The van der Waals surface area contributed by atoms with Gasteiger partial charge in [-0.25, -0.2) is 0 Å². The number of anilines is 1. The Labute approximate surface area is 193 Å². The van der Waals surface area contributed by atoms with E-state index in [0.717, 1.165) is 35.3 Å². The molecule has 0 radical (unpaired) electrons. The maximum Gasteiger partial charge on any atom is 0.255 e. The van der Waals surface area contributed by atoms with E-state index in [4.69, 9.17) is 9.15 Å².